The molecule has 0 amide bonds. The predicted octanol–water partition coefficient (Wildman–Crippen LogP) is 3.61. The molecule has 0 aliphatic carbocycles. The summed E-state index contributed by atoms with van der Waals surface area (Å²) in [6, 6.07) is 0. The molecule has 0 saturated heterocycles. The predicted molar refractivity (Wildman–Crippen MR) is 86.1 cm³/mol. The van der Waals surface area contributed by atoms with Gasteiger partial charge in [0.25, 0.3) is 0 Å². The molecule has 0 aromatic heterocycles. The van der Waals surface area contributed by atoms with E-state index in [0.29, 0.717) is 0 Å². The lowest BCUT2D eigenvalue weighted by atomic mass is 11.2. The summed E-state index contributed by atoms with van der Waals surface area (Å²) >= 11 is 0. The zero-order valence-electron chi connectivity index (χ0n) is 12.5. The van der Waals surface area contributed by atoms with Crippen LogP contribution < -0.4 is 0 Å². The summed E-state index contributed by atoms with van der Waals surface area (Å²) in [5.41, 5.74) is 2.08. The quantitative estimate of drug-likeness (QED) is 0.570. The molecule has 0 radical (unpaired) electrons. The van der Waals surface area contributed by atoms with Crippen molar-refractivity contribution in [1.82, 2.24) is 0 Å². The van der Waals surface area contributed by atoms with Crippen molar-refractivity contribution in [2.45, 2.75) is 58.9 Å². The third kappa shape index (κ3) is 2.59. The van der Waals surface area contributed by atoms with Crippen LogP contribution in [0.2, 0.25) is 58.9 Å². The van der Waals surface area contributed by atoms with Gasteiger partial charge in [-0.15, -0.1) is 0 Å². The van der Waals surface area contributed by atoms with Gasteiger partial charge in [-0.25, -0.2) is 4.79 Å². The molecule has 16 heavy (non-hydrogen) atoms. The summed E-state index contributed by atoms with van der Waals surface area (Å²) in [6.07, 6.45) is 0. The van der Waals surface area contributed by atoms with Gasteiger partial charge >= 0.3 is 0 Å². The van der Waals surface area contributed by atoms with E-state index in [2.05, 4.69) is 70.6 Å². The number of carbonyl (C=O) groups excluding carboxylic acids is 1. The molecule has 94 valence electrons. The molecule has 0 atom stereocenters. The van der Waals surface area contributed by atoms with Gasteiger partial charge in [0.2, 0.25) is 0 Å². The van der Waals surface area contributed by atoms with E-state index in [1.165, 1.54) is 0 Å². The summed E-state index contributed by atoms with van der Waals surface area (Å²) in [4.78, 5) is 11.1. The van der Waals surface area contributed by atoms with Crippen molar-refractivity contribution >= 4 is 35.3 Å². The molecule has 0 aliphatic heterocycles. The maximum absolute atomic E-state index is 11.1. The molecule has 0 rings (SSSR count). The maximum atomic E-state index is 11.1. The van der Waals surface area contributed by atoms with Gasteiger partial charge in [-0.05, 0) is 5.70 Å². The Balaban J connectivity index is 6.15. The summed E-state index contributed by atoms with van der Waals surface area (Å²) in [5, 5.41) is 0. The number of hydrogen-bond acceptors (Lipinski definition) is 1. The van der Waals surface area contributed by atoms with E-state index < -0.39 is 29.4 Å². The fourth-order valence-electron chi connectivity index (χ4n) is 4.11. The molecule has 1 nitrogen and oxygen atoms in total. The Morgan fingerprint density at radius 2 is 0.938 bits per heavy atom. The second-order valence-corrected chi connectivity index (χ2v) is 48.3. The standard InChI is InChI=1S/C11H28OSi4/c1-13(2,3)16(11-10-12,14(4,5)6)15(7,8)9/h11H,1-9H3. The van der Waals surface area contributed by atoms with Crippen LogP contribution >= 0.6 is 0 Å². The Bertz CT molecular complexity index is 261. The Morgan fingerprint density at radius 3 is 1.00 bits per heavy atom. The summed E-state index contributed by atoms with van der Waals surface area (Å²) in [5.74, 6) is 2.22. The zero-order chi connectivity index (χ0) is 13.4. The Kier molecular flexibility index (Phi) is 4.62. The molecule has 0 N–H and O–H groups in total. The lowest BCUT2D eigenvalue weighted by Crippen LogP contribution is -2.82. The molecule has 0 aromatic rings. The molecular weight excluding hydrogens is 260 g/mol. The first-order chi connectivity index (χ1) is 6.81. The van der Waals surface area contributed by atoms with Crippen LogP contribution in [0.1, 0.15) is 0 Å². The van der Waals surface area contributed by atoms with E-state index >= 15 is 0 Å². The number of rotatable bonds is 4. The van der Waals surface area contributed by atoms with E-state index in [1.54, 1.807) is 0 Å². The van der Waals surface area contributed by atoms with Crippen LogP contribution in [-0.2, 0) is 4.79 Å². The molecule has 0 fully saturated rings. The van der Waals surface area contributed by atoms with E-state index in [4.69, 9.17) is 0 Å². The van der Waals surface area contributed by atoms with Gasteiger partial charge < -0.3 is 0 Å². The monoisotopic (exact) mass is 288 g/mol. The first-order valence-corrected chi connectivity index (χ1v) is 21.6. The highest BCUT2D eigenvalue weighted by Gasteiger charge is 2.60. The maximum Gasteiger partial charge on any atom is 0.114 e. The molecular formula is C11H28OSi4. The topological polar surface area (TPSA) is 17.1 Å². The van der Waals surface area contributed by atoms with E-state index in [9.17, 15) is 4.79 Å². The molecule has 5 heteroatoms. The first kappa shape index (κ1) is 16.3. The minimum atomic E-state index is -1.53. The fraction of sp³-hybridized carbons (Fsp3) is 0.818. The third-order valence-corrected chi connectivity index (χ3v) is 74.6. The van der Waals surface area contributed by atoms with Crippen LogP contribution in [0.5, 0.6) is 0 Å². The highest BCUT2D eigenvalue weighted by molar-refractivity contribution is 7.91. The minimum Gasteiger partial charge on any atom is -0.234 e. The second-order valence-electron chi connectivity index (χ2n) is 7.82. The van der Waals surface area contributed by atoms with Crippen molar-refractivity contribution in [3.8, 4) is 0 Å². The van der Waals surface area contributed by atoms with E-state index in [1.807, 2.05) is 0 Å². The minimum absolute atomic E-state index is 1.28. The molecule has 0 saturated carbocycles. The van der Waals surface area contributed by atoms with Gasteiger partial charge in [0, 0.05) is 22.8 Å². The molecule has 0 aromatic carbocycles. The van der Waals surface area contributed by atoms with Crippen LogP contribution in [0, 0.1) is 0 Å². The van der Waals surface area contributed by atoms with Crippen LogP contribution in [0.15, 0.2) is 5.70 Å². The van der Waals surface area contributed by atoms with Gasteiger partial charge in [-0.3, -0.25) is 0 Å². The van der Waals surface area contributed by atoms with Gasteiger partial charge in [0.05, 0.1) is 6.63 Å². The average Bonchev–Trinajstić information content (AvgIpc) is 1.91. The zero-order valence-corrected chi connectivity index (χ0v) is 16.5. The normalized spacial score (nSPS) is 14.6. The highest BCUT2D eigenvalue weighted by atomic mass is 29.9. The Labute approximate surface area is 105 Å². The molecule has 0 aliphatic rings. The molecule has 0 heterocycles. The smallest absolute Gasteiger partial charge is 0.114 e. The second kappa shape index (κ2) is 4.53. The van der Waals surface area contributed by atoms with Gasteiger partial charge in [-0.2, -0.15) is 0 Å². The molecule has 0 bridgehead atoms. The lowest BCUT2D eigenvalue weighted by molar-refractivity contribution is 0.569. The van der Waals surface area contributed by atoms with E-state index in [-0.39, 0.29) is 0 Å². The largest absolute Gasteiger partial charge is 0.234 e. The SMILES string of the molecule is C[Si](C)(C)[Si](C=C=O)([Si](C)(C)C)[Si](C)(C)C. The fourth-order valence-corrected chi connectivity index (χ4v) is 97.8. The van der Waals surface area contributed by atoms with Crippen LogP contribution in [0.3, 0.4) is 0 Å². The first-order valence-electron chi connectivity index (χ1n) is 6.03. The summed E-state index contributed by atoms with van der Waals surface area (Å²) in [7, 11) is -3.85. The molecule has 0 unspecified atom stereocenters. The van der Waals surface area contributed by atoms with Crippen molar-refractivity contribution in [3.63, 3.8) is 0 Å². The molecule has 0 spiro atoms. The third-order valence-electron chi connectivity index (χ3n) is 3.82. The van der Waals surface area contributed by atoms with Crippen LogP contribution in [-0.4, -0.2) is 35.3 Å². The van der Waals surface area contributed by atoms with Crippen LogP contribution in [0.4, 0.5) is 0 Å². The average molecular weight is 289 g/mol. The Hall–Kier alpha value is 0.318. The van der Waals surface area contributed by atoms with E-state index in [0.717, 1.165) is 0 Å². The van der Waals surface area contributed by atoms with Gasteiger partial charge in [0.1, 0.15) is 5.94 Å². The van der Waals surface area contributed by atoms with Crippen molar-refractivity contribution in [2.24, 2.45) is 0 Å². The van der Waals surface area contributed by atoms with Crippen molar-refractivity contribution in [3.05, 3.63) is 5.70 Å². The number of hydrogen-bond donors (Lipinski definition) is 0. The lowest BCUT2D eigenvalue weighted by Gasteiger charge is -2.54. The van der Waals surface area contributed by atoms with Gasteiger partial charge in [0.15, 0.2) is 0 Å². The summed E-state index contributed by atoms with van der Waals surface area (Å²) < 4.78 is 0. The van der Waals surface area contributed by atoms with Crippen molar-refractivity contribution in [1.29, 1.82) is 0 Å². The van der Waals surface area contributed by atoms with Crippen LogP contribution in [0.25, 0.3) is 0 Å². The van der Waals surface area contributed by atoms with Crippen molar-refractivity contribution < 1.29 is 4.79 Å². The summed E-state index contributed by atoms with van der Waals surface area (Å²) in [6.45, 7) is 20.7. The highest BCUT2D eigenvalue weighted by Crippen LogP contribution is 2.37. The van der Waals surface area contributed by atoms with Gasteiger partial charge in [-0.1, -0.05) is 58.9 Å². The van der Waals surface area contributed by atoms with Crippen molar-refractivity contribution in [2.75, 3.05) is 0 Å². The Morgan fingerprint density at radius 1 is 0.688 bits per heavy atom.